The first kappa shape index (κ1) is 86.8. The quantitative estimate of drug-likeness (QED) is 0.0395. The molecule has 4 amide bonds. The molecular weight excluding hydrogens is 1620 g/mol. The van der Waals surface area contributed by atoms with Crippen LogP contribution in [0.3, 0.4) is 0 Å². The highest BCUT2D eigenvalue weighted by molar-refractivity contribution is 7.09. The van der Waals surface area contributed by atoms with Gasteiger partial charge in [-0.25, -0.2) is 59.8 Å². The molecule has 4 fully saturated rings. The number of amides is 4. The topological polar surface area (TPSA) is 449 Å². The number of nitriles is 1. The van der Waals surface area contributed by atoms with Crippen molar-refractivity contribution in [1.82, 2.24) is 64.8 Å². The van der Waals surface area contributed by atoms with Crippen LogP contribution in [0.5, 0.6) is 5.88 Å². The standard InChI is InChI=1S/C26H26N6O3S.C23H22N6O2.C22H20F3N5O2.C20H19N5O/c1-16-30-21(15-36-16)18-5-8-22(28-13-18)32-25(33)26(9-11-35-12-10-26)19-6-3-17(4-7-19)20-14-29-23(27)24(31-20)34-2;1-15-17(12-24)4-7-20(28-15)29-21(30)23(8-10-31-11-9-23)19-5-2-16(3-6-19)18-13-26-22(25)27-14-18;23-22(24,25)18-6-5-17(13-27-18)30-19(31)21(7-9-32-10-8-21)16-3-1-14(2-4-16)15-11-28-20(26)29-12-15;21-19-23-12-15(13-24-19)14-2-4-16(5-3-14)20(8-1-9-20)18(26)25-17-6-10-22-11-7-17/h3-8,13-15H,9-12H2,1-2H3,(H2,27,29)(H,28,32,33);2-7,13-14H,8-11H2,1H3,(H2,25,26,27)(H,28,29,30);1-6,11-13H,7-10H2,(H,30,31)(H2,26,28,29);2-7,10-13H,1,8-9H2,(H2,21,23,24)(H,22,25,26). The van der Waals surface area contributed by atoms with Crippen molar-refractivity contribution in [3.05, 3.63) is 263 Å². The molecule has 0 bridgehead atoms. The molecule has 34 heteroatoms. The maximum absolute atomic E-state index is 13.7. The number of halogens is 3. The van der Waals surface area contributed by atoms with Crippen molar-refractivity contribution in [3.8, 4) is 67.8 Å². The fourth-order valence-corrected chi connectivity index (χ4v) is 15.8. The first-order valence-electron chi connectivity index (χ1n) is 40.0. The number of nitrogen functional groups attached to an aromatic ring is 4. The Bertz CT molecular complexity index is 5940. The molecule has 125 heavy (non-hydrogen) atoms. The first-order chi connectivity index (χ1) is 60.4. The molecule has 30 nitrogen and oxygen atoms in total. The molecule has 17 rings (SSSR count). The number of nitrogens with zero attached hydrogens (tertiary/aromatic N) is 14. The van der Waals surface area contributed by atoms with Gasteiger partial charge in [-0.15, -0.1) is 11.3 Å². The highest BCUT2D eigenvalue weighted by Gasteiger charge is 2.47. The summed E-state index contributed by atoms with van der Waals surface area (Å²) in [6, 6.07) is 45.9. The molecule has 9 aromatic heterocycles. The number of rotatable bonds is 18. The molecule has 12 N–H and O–H groups in total. The van der Waals surface area contributed by atoms with E-state index < -0.39 is 33.5 Å². The van der Waals surface area contributed by atoms with Gasteiger partial charge in [-0.2, -0.15) is 18.4 Å². The van der Waals surface area contributed by atoms with Gasteiger partial charge in [0.2, 0.25) is 41.5 Å². The van der Waals surface area contributed by atoms with E-state index >= 15 is 0 Å². The monoisotopic (exact) mass is 1700 g/mol. The number of anilines is 8. The van der Waals surface area contributed by atoms with Crippen LogP contribution in [-0.2, 0) is 61.2 Å². The number of nitrogens with one attached hydrogen (secondary N) is 4. The van der Waals surface area contributed by atoms with E-state index in [1.807, 2.05) is 121 Å². The van der Waals surface area contributed by atoms with E-state index in [0.29, 0.717) is 107 Å². The number of alkyl halides is 3. The van der Waals surface area contributed by atoms with Crippen molar-refractivity contribution in [2.75, 3.05) is 91.0 Å². The van der Waals surface area contributed by atoms with Crippen molar-refractivity contribution in [3.63, 3.8) is 0 Å². The summed E-state index contributed by atoms with van der Waals surface area (Å²) in [6.07, 6.45) is 19.1. The Hall–Kier alpha value is -14.5. The number of nitrogens with two attached hydrogens (primary N) is 4. The maximum atomic E-state index is 13.7. The number of hydrogen-bond acceptors (Lipinski definition) is 27. The van der Waals surface area contributed by atoms with E-state index in [1.54, 1.807) is 104 Å². The molecule has 0 spiro atoms. The number of aryl methyl sites for hydroxylation is 2. The number of aromatic nitrogens is 13. The minimum Gasteiger partial charge on any atom is -0.478 e. The van der Waals surface area contributed by atoms with Gasteiger partial charge in [0.05, 0.1) is 74.5 Å². The Morgan fingerprint density at radius 3 is 1.21 bits per heavy atom. The first-order valence-corrected chi connectivity index (χ1v) is 40.8. The smallest absolute Gasteiger partial charge is 0.433 e. The molecule has 3 saturated heterocycles. The fraction of sp³-hybridized carbons (Fsp3) is 0.253. The summed E-state index contributed by atoms with van der Waals surface area (Å²) in [5, 5.41) is 23.8. The Morgan fingerprint density at radius 2 is 0.832 bits per heavy atom. The zero-order chi connectivity index (χ0) is 87.7. The van der Waals surface area contributed by atoms with Crippen molar-refractivity contribution in [2.24, 2.45) is 0 Å². The van der Waals surface area contributed by atoms with Gasteiger partial charge in [0.15, 0.2) is 5.82 Å². The van der Waals surface area contributed by atoms with Crippen LogP contribution in [0.1, 0.15) is 102 Å². The number of thiazole rings is 1. The third kappa shape index (κ3) is 20.2. The second-order valence-corrected chi connectivity index (χ2v) is 31.1. The summed E-state index contributed by atoms with van der Waals surface area (Å²) in [4.78, 5) is 107. The number of pyridine rings is 4. The van der Waals surface area contributed by atoms with Crippen molar-refractivity contribution in [1.29, 1.82) is 5.26 Å². The molecule has 13 aromatic rings. The van der Waals surface area contributed by atoms with Crippen LogP contribution in [0.25, 0.3) is 55.9 Å². The third-order valence-electron chi connectivity index (χ3n) is 22.6. The summed E-state index contributed by atoms with van der Waals surface area (Å²) in [5.74, 6) is 1.61. The number of carbonyl (C=O) groups excluding carboxylic acids is 4. The van der Waals surface area contributed by atoms with Crippen LogP contribution in [0.15, 0.2) is 219 Å². The average molecular weight is 1710 g/mol. The Balaban J connectivity index is 0.000000136. The number of methoxy groups -OCH3 is 1. The molecular formula is C91H87F3N22O8S. The molecule has 636 valence electrons. The number of hydrogen-bond donors (Lipinski definition) is 8. The minimum absolute atomic E-state index is 0.0403. The highest BCUT2D eigenvalue weighted by Crippen LogP contribution is 2.46. The summed E-state index contributed by atoms with van der Waals surface area (Å²) >= 11 is 1.59. The average Bonchev–Trinajstić information content (AvgIpc) is 0.879. The number of carbonyl (C=O) groups is 4. The lowest BCUT2D eigenvalue weighted by molar-refractivity contribution is -0.141. The minimum atomic E-state index is -4.54. The lowest BCUT2D eigenvalue weighted by atomic mass is 9.63. The highest BCUT2D eigenvalue weighted by atomic mass is 32.1. The van der Waals surface area contributed by atoms with Gasteiger partial charge in [0.25, 0.3) is 5.88 Å². The normalized spacial score (nSPS) is 15.2. The second kappa shape index (κ2) is 38.7. The van der Waals surface area contributed by atoms with Gasteiger partial charge in [-0.3, -0.25) is 24.2 Å². The fourth-order valence-electron chi connectivity index (χ4n) is 15.2. The molecule has 4 aliphatic rings. The predicted molar refractivity (Wildman–Crippen MR) is 467 cm³/mol. The molecule has 12 heterocycles. The zero-order valence-electron chi connectivity index (χ0n) is 68.3. The van der Waals surface area contributed by atoms with Crippen LogP contribution in [0, 0.1) is 25.2 Å². The van der Waals surface area contributed by atoms with Crippen molar-refractivity contribution in [2.45, 2.75) is 99.5 Å². The Labute approximate surface area is 720 Å². The van der Waals surface area contributed by atoms with E-state index in [0.717, 1.165) is 115 Å². The Kier molecular flexibility index (Phi) is 26.9. The largest absolute Gasteiger partial charge is 0.478 e. The van der Waals surface area contributed by atoms with Crippen molar-refractivity contribution < 1.29 is 51.3 Å². The molecule has 1 saturated carbocycles. The lowest BCUT2D eigenvalue weighted by Crippen LogP contribution is -2.46. The maximum Gasteiger partial charge on any atom is 0.433 e. The number of benzene rings is 4. The van der Waals surface area contributed by atoms with Gasteiger partial charge >= 0.3 is 6.18 Å². The van der Waals surface area contributed by atoms with E-state index in [-0.39, 0.29) is 58.9 Å². The predicted octanol–water partition coefficient (Wildman–Crippen LogP) is 14.2. The van der Waals surface area contributed by atoms with Crippen LogP contribution >= 0.6 is 11.3 Å². The Morgan fingerprint density at radius 1 is 0.424 bits per heavy atom. The van der Waals surface area contributed by atoms with Gasteiger partial charge in [0.1, 0.15) is 23.4 Å². The molecule has 0 atom stereocenters. The van der Waals surface area contributed by atoms with Gasteiger partial charge < -0.3 is 63.1 Å². The van der Waals surface area contributed by atoms with E-state index in [9.17, 15) is 32.3 Å². The van der Waals surface area contributed by atoms with E-state index in [4.69, 9.17) is 47.1 Å². The SMILES string of the molecule is COc1nc(-c2ccc(C3(C(=O)Nc4ccc(-c5csc(C)n5)cn4)CCOCC3)cc2)cnc1N.Cc1nc(NC(=O)C2(c3ccc(-c4cnc(N)nc4)cc3)CCOCC2)ccc1C#N.Nc1ncc(-c2ccc(C3(C(=O)Nc4ccc(C(F)(F)F)nc4)CCOCC3)cc2)cn1.Nc1ncc(-c2ccc(C3(C(=O)Nc4ccncc4)CCC3)cc2)cn1. The summed E-state index contributed by atoms with van der Waals surface area (Å²) in [7, 11) is 1.50. The van der Waals surface area contributed by atoms with Crippen LogP contribution < -0.4 is 48.9 Å². The second-order valence-electron chi connectivity index (χ2n) is 30.1. The molecule has 0 radical (unpaired) electrons. The summed E-state index contributed by atoms with van der Waals surface area (Å²) in [6.45, 7) is 6.52. The summed E-state index contributed by atoms with van der Waals surface area (Å²) in [5.41, 5.74) is 32.9. The van der Waals surface area contributed by atoms with Crippen LogP contribution in [0.4, 0.5) is 59.8 Å². The van der Waals surface area contributed by atoms with Gasteiger partial charge in [-0.1, -0.05) is 103 Å². The van der Waals surface area contributed by atoms with E-state index in [2.05, 4.69) is 92.1 Å². The van der Waals surface area contributed by atoms with Crippen molar-refractivity contribution >= 4 is 81.6 Å². The number of ether oxygens (including phenoxy) is 4. The van der Waals surface area contributed by atoms with Crippen LogP contribution in [0.2, 0.25) is 0 Å². The zero-order valence-corrected chi connectivity index (χ0v) is 69.1. The molecule has 0 unspecified atom stereocenters. The summed E-state index contributed by atoms with van der Waals surface area (Å²) < 4.78 is 60.0. The molecule has 1 aliphatic carbocycles. The lowest BCUT2D eigenvalue weighted by Gasteiger charge is -2.40. The molecule has 3 aliphatic heterocycles. The van der Waals surface area contributed by atoms with E-state index in [1.165, 1.54) is 13.2 Å². The van der Waals surface area contributed by atoms with Gasteiger partial charge in [0, 0.05) is 134 Å². The van der Waals surface area contributed by atoms with Crippen LogP contribution in [-0.4, -0.2) is 135 Å². The molecule has 4 aromatic carbocycles. The van der Waals surface area contributed by atoms with Gasteiger partial charge in [-0.05, 0) is 153 Å². The third-order valence-corrected chi connectivity index (χ3v) is 23.4.